The second kappa shape index (κ2) is 5.75. The van der Waals surface area contributed by atoms with E-state index in [0.717, 1.165) is 25.3 Å². The van der Waals surface area contributed by atoms with Gasteiger partial charge in [-0.15, -0.1) is 0 Å². The number of nitrogens with zero attached hydrogens (tertiary/aromatic N) is 2. The lowest BCUT2D eigenvalue weighted by Gasteiger charge is -2.22. The summed E-state index contributed by atoms with van der Waals surface area (Å²) in [5.41, 5.74) is -1.03. The number of non-ortho nitro benzene ring substituents is 1. The molecule has 120 valence electrons. The molecule has 0 bridgehead atoms. The first-order chi connectivity index (χ1) is 10.8. The van der Waals surface area contributed by atoms with Gasteiger partial charge in [0.15, 0.2) is 11.5 Å². The van der Waals surface area contributed by atoms with Crippen LogP contribution in [0.5, 0.6) is 11.5 Å². The van der Waals surface area contributed by atoms with Gasteiger partial charge in [-0.2, -0.15) is 0 Å². The number of nitro benzene ring substituents is 1. The van der Waals surface area contributed by atoms with Gasteiger partial charge in [-0.25, -0.2) is 4.79 Å². The number of hydrogen-bond acceptors (Lipinski definition) is 7. The Morgan fingerprint density at radius 2 is 2.00 bits per heavy atom. The quantitative estimate of drug-likeness (QED) is 0.355. The molecular formula is C13H11N3O7. The highest BCUT2D eigenvalue weighted by atomic mass is 16.6. The topological polar surface area (TPSA) is 139 Å². The van der Waals surface area contributed by atoms with E-state index in [-0.39, 0.29) is 11.3 Å². The maximum absolute atomic E-state index is 12.0. The maximum Gasteiger partial charge on any atom is 0.331 e. The van der Waals surface area contributed by atoms with Gasteiger partial charge in [0, 0.05) is 18.7 Å². The first-order valence-electron chi connectivity index (χ1n) is 6.16. The molecule has 23 heavy (non-hydrogen) atoms. The van der Waals surface area contributed by atoms with E-state index in [1.165, 1.54) is 7.11 Å². The fraction of sp³-hybridized carbons (Fsp3) is 0.154. The number of urea groups is 1. The lowest BCUT2D eigenvalue weighted by molar-refractivity contribution is -0.385. The number of likely N-dealkylation sites (N-methyl/N-ethyl adjacent to an activating group) is 1. The van der Waals surface area contributed by atoms with E-state index in [2.05, 4.69) is 0 Å². The van der Waals surface area contributed by atoms with Gasteiger partial charge < -0.3 is 9.84 Å². The van der Waals surface area contributed by atoms with E-state index >= 15 is 0 Å². The molecule has 0 aliphatic carbocycles. The van der Waals surface area contributed by atoms with Gasteiger partial charge >= 0.3 is 6.03 Å². The summed E-state index contributed by atoms with van der Waals surface area (Å²) in [4.78, 5) is 45.9. The first-order valence-corrected chi connectivity index (χ1v) is 6.16. The predicted octanol–water partition coefficient (Wildman–Crippen LogP) is 0.401. The fourth-order valence-electron chi connectivity index (χ4n) is 1.89. The molecule has 1 fully saturated rings. The summed E-state index contributed by atoms with van der Waals surface area (Å²) in [6.07, 6.45) is 0.950. The number of phenolic OH excluding ortho intramolecular Hbond substituents is 1. The molecule has 0 aromatic heterocycles. The maximum atomic E-state index is 12.0. The molecule has 0 spiro atoms. The number of hydrogen-bond donors (Lipinski definition) is 2. The third kappa shape index (κ3) is 2.81. The highest BCUT2D eigenvalue weighted by molar-refractivity contribution is 6.30. The molecule has 1 aromatic carbocycles. The Kier molecular flexibility index (Phi) is 3.99. The van der Waals surface area contributed by atoms with E-state index in [0.29, 0.717) is 4.90 Å². The van der Waals surface area contributed by atoms with Crippen molar-refractivity contribution in [3.8, 4) is 11.5 Å². The lowest BCUT2D eigenvalue weighted by atomic mass is 10.1. The zero-order valence-electron chi connectivity index (χ0n) is 12.0. The number of aromatic hydroxyl groups is 1. The molecular weight excluding hydrogens is 310 g/mol. The van der Waals surface area contributed by atoms with Crippen molar-refractivity contribution < 1.29 is 29.2 Å². The smallest absolute Gasteiger partial charge is 0.331 e. The number of barbiturate groups is 1. The molecule has 0 atom stereocenters. The van der Waals surface area contributed by atoms with Crippen molar-refractivity contribution in [1.82, 2.24) is 10.2 Å². The van der Waals surface area contributed by atoms with E-state index in [9.17, 15) is 29.6 Å². The second-order valence-corrected chi connectivity index (χ2v) is 4.52. The Morgan fingerprint density at radius 1 is 1.35 bits per heavy atom. The van der Waals surface area contributed by atoms with Crippen molar-refractivity contribution >= 4 is 29.6 Å². The normalized spacial score (nSPS) is 16.5. The van der Waals surface area contributed by atoms with Crippen LogP contribution in [0.4, 0.5) is 10.5 Å². The number of imide groups is 2. The molecule has 1 heterocycles. The van der Waals surface area contributed by atoms with Gasteiger partial charge in [-0.3, -0.25) is 29.9 Å². The van der Waals surface area contributed by atoms with Crippen LogP contribution < -0.4 is 10.1 Å². The van der Waals surface area contributed by atoms with Crippen LogP contribution in [0.25, 0.3) is 6.08 Å². The minimum Gasteiger partial charge on any atom is -0.504 e. The monoisotopic (exact) mass is 321 g/mol. The van der Waals surface area contributed by atoms with Gasteiger partial charge in [0.05, 0.1) is 18.1 Å². The zero-order valence-corrected chi connectivity index (χ0v) is 12.0. The van der Waals surface area contributed by atoms with Crippen LogP contribution in [-0.2, 0) is 9.59 Å². The Morgan fingerprint density at radius 3 is 2.57 bits per heavy atom. The highest BCUT2D eigenvalue weighted by Crippen LogP contribution is 2.36. The molecule has 1 aromatic rings. The average Bonchev–Trinajstić information content (AvgIpc) is 2.50. The van der Waals surface area contributed by atoms with Gasteiger partial charge in [0.2, 0.25) is 0 Å². The van der Waals surface area contributed by atoms with Crippen LogP contribution in [-0.4, -0.2) is 46.9 Å². The number of methoxy groups -OCH3 is 1. The van der Waals surface area contributed by atoms with Crippen molar-refractivity contribution in [3.63, 3.8) is 0 Å². The zero-order chi connectivity index (χ0) is 17.3. The molecule has 2 N–H and O–H groups in total. The van der Waals surface area contributed by atoms with Gasteiger partial charge in [-0.05, 0) is 6.08 Å². The molecule has 1 saturated heterocycles. The van der Waals surface area contributed by atoms with Crippen LogP contribution in [0, 0.1) is 10.1 Å². The summed E-state index contributed by atoms with van der Waals surface area (Å²) in [6, 6.07) is 1.08. The summed E-state index contributed by atoms with van der Waals surface area (Å²) in [6.45, 7) is 0. The Bertz CT molecular complexity index is 769. The van der Waals surface area contributed by atoms with Crippen molar-refractivity contribution in [2.45, 2.75) is 0 Å². The van der Waals surface area contributed by atoms with Crippen LogP contribution >= 0.6 is 0 Å². The largest absolute Gasteiger partial charge is 0.504 e. The fourth-order valence-corrected chi connectivity index (χ4v) is 1.89. The molecule has 1 aliphatic heterocycles. The van der Waals surface area contributed by atoms with Gasteiger partial charge in [-0.1, -0.05) is 0 Å². The number of nitrogens with one attached hydrogen (secondary N) is 1. The molecule has 10 heteroatoms. The van der Waals surface area contributed by atoms with Crippen molar-refractivity contribution in [2.24, 2.45) is 0 Å². The summed E-state index contributed by atoms with van der Waals surface area (Å²) in [5, 5.41) is 22.8. The van der Waals surface area contributed by atoms with Gasteiger partial charge in [0.1, 0.15) is 5.57 Å². The van der Waals surface area contributed by atoms with Crippen LogP contribution in [0.3, 0.4) is 0 Å². The summed E-state index contributed by atoms with van der Waals surface area (Å²) >= 11 is 0. The Hall–Kier alpha value is -3.43. The second-order valence-electron chi connectivity index (χ2n) is 4.52. The van der Waals surface area contributed by atoms with Crippen molar-refractivity contribution in [3.05, 3.63) is 33.4 Å². The first kappa shape index (κ1) is 15.9. The Balaban J connectivity index is 2.59. The number of benzene rings is 1. The highest BCUT2D eigenvalue weighted by Gasteiger charge is 2.33. The number of carbonyl (C=O) groups excluding carboxylic acids is 3. The SMILES string of the molecule is COc1cc([N+](=O)[O-])cc(C=C2C(=O)NC(=O)N(C)C2=O)c1O. The molecule has 0 unspecified atom stereocenters. The lowest BCUT2D eigenvalue weighted by Crippen LogP contribution is -2.52. The predicted molar refractivity (Wildman–Crippen MR) is 75.6 cm³/mol. The number of carbonyl (C=O) groups is 3. The molecule has 2 rings (SSSR count). The van der Waals surface area contributed by atoms with Crippen LogP contribution in [0.1, 0.15) is 5.56 Å². The minimum atomic E-state index is -0.969. The number of nitro groups is 1. The van der Waals surface area contributed by atoms with Crippen LogP contribution in [0.15, 0.2) is 17.7 Å². The molecule has 0 saturated carbocycles. The Labute approximate surface area is 129 Å². The van der Waals surface area contributed by atoms with Crippen molar-refractivity contribution in [1.29, 1.82) is 0 Å². The third-order valence-electron chi connectivity index (χ3n) is 3.12. The molecule has 4 amide bonds. The van der Waals surface area contributed by atoms with E-state index in [1.54, 1.807) is 0 Å². The third-order valence-corrected chi connectivity index (χ3v) is 3.12. The van der Waals surface area contributed by atoms with Crippen molar-refractivity contribution in [2.75, 3.05) is 14.2 Å². The minimum absolute atomic E-state index is 0.169. The summed E-state index contributed by atoms with van der Waals surface area (Å²) in [5.74, 6) is -2.54. The van der Waals surface area contributed by atoms with E-state index < -0.39 is 39.8 Å². The number of rotatable bonds is 3. The average molecular weight is 321 g/mol. The van der Waals surface area contributed by atoms with E-state index in [1.807, 2.05) is 5.32 Å². The number of amides is 4. The van der Waals surface area contributed by atoms with E-state index in [4.69, 9.17) is 4.74 Å². The summed E-state index contributed by atoms with van der Waals surface area (Å²) in [7, 11) is 2.35. The van der Waals surface area contributed by atoms with Gasteiger partial charge in [0.25, 0.3) is 17.5 Å². The number of ether oxygens (including phenoxy) is 1. The number of phenols is 1. The summed E-state index contributed by atoms with van der Waals surface area (Å²) < 4.78 is 4.82. The molecule has 1 aliphatic rings. The van der Waals surface area contributed by atoms with Crippen LogP contribution in [0.2, 0.25) is 0 Å². The molecule has 0 radical (unpaired) electrons. The standard InChI is InChI=1S/C13H11N3O7/c1-15-12(19)8(11(18)14-13(15)20)4-6-3-7(16(21)22)5-9(23-2)10(6)17/h3-5,17H,1-2H3,(H,14,18,20). The molecule has 10 nitrogen and oxygen atoms in total.